The number of hydrogen-bond donors (Lipinski definition) is 3. The smallest absolute Gasteiger partial charge is 0.305 e. The number of rotatable bonds is 74. The molecule has 0 saturated heterocycles. The van der Waals surface area contributed by atoms with E-state index in [1.165, 1.54) is 340 Å². The number of nitrogens with one attached hydrogen (secondary N) is 1. The van der Waals surface area contributed by atoms with Crippen LogP contribution in [0.1, 0.15) is 425 Å². The van der Waals surface area contributed by atoms with Gasteiger partial charge < -0.3 is 20.3 Å². The molecule has 0 spiro atoms. The van der Waals surface area contributed by atoms with Gasteiger partial charge in [0.15, 0.2) is 0 Å². The molecule has 2 atom stereocenters. The van der Waals surface area contributed by atoms with Crippen molar-refractivity contribution in [1.29, 1.82) is 0 Å². The van der Waals surface area contributed by atoms with E-state index in [9.17, 15) is 19.8 Å². The van der Waals surface area contributed by atoms with Crippen molar-refractivity contribution >= 4 is 11.9 Å². The van der Waals surface area contributed by atoms with Gasteiger partial charge in [-0.1, -0.05) is 376 Å². The normalized spacial score (nSPS) is 12.8. The lowest BCUT2D eigenvalue weighted by Gasteiger charge is -2.20. The molecular weight excluding hydrogens is 1080 g/mol. The van der Waals surface area contributed by atoms with Gasteiger partial charge in [-0.2, -0.15) is 0 Å². The second-order valence-corrected chi connectivity index (χ2v) is 27.0. The minimum Gasteiger partial charge on any atom is -0.466 e. The van der Waals surface area contributed by atoms with Crippen molar-refractivity contribution in [3.63, 3.8) is 0 Å². The minimum absolute atomic E-state index is 0.00581. The van der Waals surface area contributed by atoms with Crippen LogP contribution in [0.2, 0.25) is 0 Å². The fourth-order valence-corrected chi connectivity index (χ4v) is 12.2. The van der Waals surface area contributed by atoms with Crippen LogP contribution < -0.4 is 5.32 Å². The number of unbranched alkanes of at least 4 members (excludes halogenated alkanes) is 55. The van der Waals surface area contributed by atoms with Gasteiger partial charge in [-0.15, -0.1) is 0 Å². The molecule has 0 aliphatic heterocycles. The second kappa shape index (κ2) is 77.0. The van der Waals surface area contributed by atoms with E-state index < -0.39 is 12.1 Å². The van der Waals surface area contributed by atoms with Gasteiger partial charge >= 0.3 is 5.97 Å². The van der Waals surface area contributed by atoms with Crippen LogP contribution >= 0.6 is 0 Å². The Balaban J connectivity index is 3.42. The molecule has 0 aliphatic carbocycles. The van der Waals surface area contributed by atoms with Gasteiger partial charge in [-0.05, 0) is 96.3 Å². The van der Waals surface area contributed by atoms with Crippen LogP contribution in [0.25, 0.3) is 0 Å². The molecule has 6 nitrogen and oxygen atoms in total. The zero-order chi connectivity index (χ0) is 63.5. The lowest BCUT2D eigenvalue weighted by molar-refractivity contribution is -0.143. The van der Waals surface area contributed by atoms with Gasteiger partial charge in [0.1, 0.15) is 0 Å². The molecular formula is C82H153NO5. The zero-order valence-electron chi connectivity index (χ0n) is 59.2. The van der Waals surface area contributed by atoms with Gasteiger partial charge in [0.25, 0.3) is 0 Å². The van der Waals surface area contributed by atoms with Gasteiger partial charge in [-0.25, -0.2) is 0 Å². The van der Waals surface area contributed by atoms with E-state index in [0.29, 0.717) is 19.4 Å². The summed E-state index contributed by atoms with van der Waals surface area (Å²) in [5, 5.41) is 23.3. The van der Waals surface area contributed by atoms with E-state index in [4.69, 9.17) is 4.74 Å². The Bertz CT molecular complexity index is 1520. The maximum absolute atomic E-state index is 12.5. The summed E-state index contributed by atoms with van der Waals surface area (Å²) in [5.74, 6) is -0.0578. The molecule has 0 heterocycles. The number of carbonyl (C=O) groups is 2. The molecule has 0 fully saturated rings. The third-order valence-corrected chi connectivity index (χ3v) is 18.3. The molecule has 2 unspecified atom stereocenters. The number of esters is 1. The van der Waals surface area contributed by atoms with Crippen LogP contribution in [0.4, 0.5) is 0 Å². The number of ether oxygens (including phenoxy) is 1. The summed E-state index contributed by atoms with van der Waals surface area (Å²) in [7, 11) is 0. The monoisotopic (exact) mass is 1230 g/mol. The average Bonchev–Trinajstić information content (AvgIpc) is 3.58. The number of aliphatic hydroxyl groups excluding tert-OH is 2. The first kappa shape index (κ1) is 85.6. The molecule has 516 valence electrons. The fraction of sp³-hybridized carbons (Fsp3) is 0.854. The first-order valence-corrected chi connectivity index (χ1v) is 39.6. The van der Waals surface area contributed by atoms with Crippen LogP contribution in [-0.4, -0.2) is 47.4 Å². The molecule has 1 amide bonds. The summed E-state index contributed by atoms with van der Waals surface area (Å²) in [6.07, 6.45) is 103. The molecule has 0 aromatic carbocycles. The van der Waals surface area contributed by atoms with E-state index in [1.807, 2.05) is 6.08 Å². The Hall–Kier alpha value is -2.44. The van der Waals surface area contributed by atoms with Crippen molar-refractivity contribution in [2.24, 2.45) is 0 Å². The van der Waals surface area contributed by atoms with E-state index in [2.05, 4.69) is 67.8 Å². The summed E-state index contributed by atoms with van der Waals surface area (Å²) in [5.41, 5.74) is 0. The lowest BCUT2D eigenvalue weighted by atomic mass is 10.0. The first-order chi connectivity index (χ1) is 43.5. The molecule has 0 bridgehead atoms. The van der Waals surface area contributed by atoms with Crippen molar-refractivity contribution in [2.45, 2.75) is 437 Å². The number of allylic oxidation sites excluding steroid dienone is 9. The van der Waals surface area contributed by atoms with Gasteiger partial charge in [-0.3, -0.25) is 9.59 Å². The molecule has 0 saturated carbocycles. The van der Waals surface area contributed by atoms with Crippen molar-refractivity contribution in [3.05, 3.63) is 60.8 Å². The topological polar surface area (TPSA) is 95.9 Å². The Morgan fingerprint density at radius 1 is 0.318 bits per heavy atom. The number of aliphatic hydroxyl groups is 2. The Morgan fingerprint density at radius 3 is 0.875 bits per heavy atom. The van der Waals surface area contributed by atoms with Crippen LogP contribution in [0.5, 0.6) is 0 Å². The summed E-state index contributed by atoms with van der Waals surface area (Å²) < 4.78 is 5.50. The number of hydrogen-bond acceptors (Lipinski definition) is 5. The van der Waals surface area contributed by atoms with Gasteiger partial charge in [0.05, 0.1) is 25.4 Å². The maximum Gasteiger partial charge on any atom is 0.305 e. The molecule has 88 heavy (non-hydrogen) atoms. The predicted molar refractivity (Wildman–Crippen MR) is 389 cm³/mol. The van der Waals surface area contributed by atoms with Crippen molar-refractivity contribution in [3.8, 4) is 0 Å². The number of carbonyl (C=O) groups excluding carboxylic acids is 2. The highest BCUT2D eigenvalue weighted by Gasteiger charge is 2.18. The molecule has 6 heteroatoms. The Morgan fingerprint density at radius 2 is 0.568 bits per heavy atom. The molecule has 0 aliphatic rings. The van der Waals surface area contributed by atoms with Crippen molar-refractivity contribution in [2.75, 3.05) is 13.2 Å². The highest BCUT2D eigenvalue weighted by Crippen LogP contribution is 2.19. The summed E-state index contributed by atoms with van der Waals surface area (Å²) in [4.78, 5) is 24.7. The quantitative estimate of drug-likeness (QED) is 0.0320. The van der Waals surface area contributed by atoms with E-state index in [0.717, 1.165) is 57.8 Å². The molecule has 3 N–H and O–H groups in total. The van der Waals surface area contributed by atoms with E-state index >= 15 is 0 Å². The van der Waals surface area contributed by atoms with Crippen LogP contribution in [0.3, 0.4) is 0 Å². The van der Waals surface area contributed by atoms with Crippen molar-refractivity contribution in [1.82, 2.24) is 5.32 Å². The Labute approximate surface area is 549 Å². The molecule has 0 aromatic heterocycles. The van der Waals surface area contributed by atoms with E-state index in [-0.39, 0.29) is 18.5 Å². The minimum atomic E-state index is -0.847. The SMILES string of the molecule is CCCCCC/C=C\C/C=C\CCCCCCCCCC(=O)OCCCCCCCCCCC/C=C\C/C=C\CCCCCCCCCCCCCCCCCC(=O)NC(CO)C(O)/C=C/CCCCCCCCCCCCCCCCCCCCCC. The molecule has 0 rings (SSSR count). The maximum atomic E-state index is 12.5. The first-order valence-electron chi connectivity index (χ1n) is 39.6. The van der Waals surface area contributed by atoms with Gasteiger partial charge in [0.2, 0.25) is 5.91 Å². The largest absolute Gasteiger partial charge is 0.466 e. The Kier molecular flexibility index (Phi) is 74.9. The zero-order valence-corrected chi connectivity index (χ0v) is 59.2. The van der Waals surface area contributed by atoms with Crippen molar-refractivity contribution < 1.29 is 24.5 Å². The van der Waals surface area contributed by atoms with E-state index in [1.54, 1.807) is 6.08 Å². The lowest BCUT2D eigenvalue weighted by Crippen LogP contribution is -2.45. The molecule has 0 radical (unpaired) electrons. The standard InChI is InChI=1S/C82H153NO5/c1-3-5-7-9-11-13-15-17-19-21-23-24-36-39-42-46-50-54-58-62-66-70-74-80(85)79(78-84)83-81(86)75-71-67-63-59-55-51-47-43-40-37-34-32-30-28-26-25-27-29-31-33-35-38-41-45-49-53-57-61-65-69-73-77-88-82(87)76-72-68-64-60-56-52-48-44-22-20-18-16-14-12-10-8-6-4-2/h14,16,20,22,27,29,33,35,70,74,79-80,84-85H,3-13,15,17-19,21,23-26,28,30-32,34,36-69,71-73,75-78H2,1-2H3,(H,83,86)/b16-14-,22-20-,29-27-,35-33-,74-70+. The van der Waals surface area contributed by atoms with Crippen LogP contribution in [-0.2, 0) is 14.3 Å². The third-order valence-electron chi connectivity index (χ3n) is 18.3. The van der Waals surface area contributed by atoms with Crippen LogP contribution in [0, 0.1) is 0 Å². The highest BCUT2D eigenvalue weighted by atomic mass is 16.5. The summed E-state index contributed by atoms with van der Waals surface area (Å²) in [6, 6.07) is -0.630. The second-order valence-electron chi connectivity index (χ2n) is 27.0. The predicted octanol–water partition coefficient (Wildman–Crippen LogP) is 26.2. The molecule has 0 aromatic rings. The van der Waals surface area contributed by atoms with Gasteiger partial charge in [0, 0.05) is 12.8 Å². The van der Waals surface area contributed by atoms with Crippen LogP contribution in [0.15, 0.2) is 60.8 Å². The average molecular weight is 1230 g/mol. The third kappa shape index (κ3) is 72.6. The highest BCUT2D eigenvalue weighted by molar-refractivity contribution is 5.76. The summed E-state index contributed by atoms with van der Waals surface area (Å²) >= 11 is 0. The fourth-order valence-electron chi connectivity index (χ4n) is 12.2. The summed E-state index contributed by atoms with van der Waals surface area (Å²) in [6.45, 7) is 4.92. The number of amides is 1.